The van der Waals surface area contributed by atoms with Crippen LogP contribution in [0.5, 0.6) is 11.8 Å². The van der Waals surface area contributed by atoms with Crippen LogP contribution in [-0.2, 0) is 35.8 Å². The summed E-state index contributed by atoms with van der Waals surface area (Å²) in [5.41, 5.74) is 3.63. The van der Waals surface area contributed by atoms with Crippen molar-refractivity contribution >= 4 is 103 Å². The van der Waals surface area contributed by atoms with Crippen molar-refractivity contribution in [3.63, 3.8) is 0 Å². The Bertz CT molecular complexity index is 3210. The summed E-state index contributed by atoms with van der Waals surface area (Å²) in [5, 5.41) is 23.1. The molecule has 75 heavy (non-hydrogen) atoms. The molecule has 5 rings (SSSR count). The number of aromatic carboxylic acids is 1. The fourth-order valence-corrected chi connectivity index (χ4v) is 8.96. The molecule has 8 N–H and O–H groups in total. The molecule has 5 aromatic rings. The van der Waals surface area contributed by atoms with Gasteiger partial charge in [0.15, 0.2) is 13.1 Å². The van der Waals surface area contributed by atoms with Crippen LogP contribution in [0.2, 0.25) is 20.1 Å². The third-order valence-electron chi connectivity index (χ3n) is 8.69. The number of carbonyl (C=O) groups is 3. The lowest BCUT2D eigenvalue weighted by Crippen LogP contribution is -2.35. The first-order chi connectivity index (χ1) is 34.4. The van der Waals surface area contributed by atoms with Crippen molar-refractivity contribution in [3.05, 3.63) is 102 Å². The van der Waals surface area contributed by atoms with Crippen LogP contribution in [0.1, 0.15) is 47.0 Å². The van der Waals surface area contributed by atoms with Gasteiger partial charge < -0.3 is 30.3 Å². The molecule has 0 saturated heterocycles. The van der Waals surface area contributed by atoms with E-state index in [-0.39, 0.29) is 89.1 Å². The van der Waals surface area contributed by atoms with Gasteiger partial charge in [-0.25, -0.2) is 40.5 Å². The average Bonchev–Trinajstić information content (AvgIpc) is 3.58. The summed E-state index contributed by atoms with van der Waals surface area (Å²) in [4.78, 5) is 64.6. The number of anilines is 2. The fraction of sp³-hybridized carbons (Fsp3) is 0.333. The van der Waals surface area contributed by atoms with E-state index < -0.39 is 87.6 Å². The molecule has 2 unspecified atom stereocenters. The largest absolute Gasteiger partial charge is 0.494 e. The Labute approximate surface area is 442 Å². The topological polar surface area (TPSA) is 356 Å². The summed E-state index contributed by atoms with van der Waals surface area (Å²) in [6.45, 7) is 0.836. The number of sulfonamides is 2. The molecule has 24 nitrogen and oxygen atoms in total. The van der Waals surface area contributed by atoms with Crippen molar-refractivity contribution in [2.75, 3.05) is 43.3 Å². The second kappa shape index (κ2) is 27.7. The van der Waals surface area contributed by atoms with Crippen LogP contribution < -0.4 is 35.7 Å². The highest BCUT2D eigenvalue weighted by molar-refractivity contribution is 7.92. The molecular formula is C39H44Cl4F5N10O14PS2. The van der Waals surface area contributed by atoms with Gasteiger partial charge >= 0.3 is 42.4 Å². The second-order valence-electron chi connectivity index (χ2n) is 14.8. The number of methoxy groups -OCH3 is 2. The van der Waals surface area contributed by atoms with Crippen LogP contribution in [0.15, 0.2) is 58.2 Å². The van der Waals surface area contributed by atoms with Crippen LogP contribution in [0.4, 0.5) is 38.4 Å². The highest BCUT2D eigenvalue weighted by Gasteiger charge is 2.29. The number of hydrogen-bond acceptors (Lipinski definition) is 16. The zero-order chi connectivity index (χ0) is 57.6. The number of carboxylic acids is 2. The first kappa shape index (κ1) is 65.2. The van der Waals surface area contributed by atoms with E-state index in [0.29, 0.717) is 4.68 Å². The molecule has 3 aromatic carbocycles. The van der Waals surface area contributed by atoms with Gasteiger partial charge in [-0.15, -0.1) is 5.10 Å². The molecule has 2 heterocycles. The minimum absolute atomic E-state index is 0.0257. The number of carbonyl (C=O) groups excluding carboxylic acids is 1. The predicted octanol–water partition coefficient (Wildman–Crippen LogP) is 7.00. The number of nitrogens with zero attached hydrogens (tertiary/aromatic N) is 6. The molecule has 2 atom stereocenters. The summed E-state index contributed by atoms with van der Waals surface area (Å²) in [5.74, 6) is -2.50. The number of benzene rings is 3. The van der Waals surface area contributed by atoms with Crippen molar-refractivity contribution in [1.29, 1.82) is 0 Å². The van der Waals surface area contributed by atoms with Gasteiger partial charge in [-0.1, -0.05) is 64.6 Å². The monoisotopic (exact) mass is 1210 g/mol. The lowest BCUT2D eigenvalue weighted by atomic mass is 10.1. The number of urea groups is 1. The van der Waals surface area contributed by atoms with E-state index in [2.05, 4.69) is 30.1 Å². The molecule has 0 radical (unpaired) electrons. The number of carboxylic acid groups (broad SMARTS) is 2. The first-order valence-electron chi connectivity index (χ1n) is 20.1. The standard InChI is InChI=1S/C15H16F3N5O4S.C11H10Cl2F2N4O3S.C8H6Cl2O3.C5H12NO4P/c1-9-19-12(22-14(20-9)27-2)21-13(24)23-28(25,26)11-6-4-3-5-10(11)7-8-15(16,17)18;1-5-16-19(11(20)18(5)10(14)15)9-4-8(17-23(2,21)22)6(12)3-7(9)13;1-13-7-5(10)3-2-4(9)6(7)8(11)12;1-11(9,10)3-2-4(6)5(7)8/h3-6H,7-8H2,1-2H3,(H2,19,20,21,22,23,24);3-4,10,17H,1-2H3;2-3H,1H3,(H,11,12);4H,2-3,6H2,1H3,(H,7,8)(H,9,10). The van der Waals surface area contributed by atoms with E-state index in [4.69, 9.17) is 76.7 Å². The first-order valence-corrected chi connectivity index (χ1v) is 27.3. The quantitative estimate of drug-likeness (QED) is 0.0386. The number of aryl methyl sites for hydroxylation is 3. The van der Waals surface area contributed by atoms with Crippen molar-refractivity contribution in [2.45, 2.75) is 56.8 Å². The molecular weight excluding hydrogens is 1160 g/mol. The molecule has 414 valence electrons. The Morgan fingerprint density at radius 3 is 2.00 bits per heavy atom. The molecule has 0 aliphatic carbocycles. The Morgan fingerprint density at radius 2 is 1.51 bits per heavy atom. The van der Waals surface area contributed by atoms with Crippen molar-refractivity contribution in [2.24, 2.45) is 5.73 Å². The van der Waals surface area contributed by atoms with Crippen LogP contribution in [0, 0.1) is 13.8 Å². The summed E-state index contributed by atoms with van der Waals surface area (Å²) in [6, 6.07) is 7.98. The number of alkyl halides is 5. The number of aliphatic carboxylic acids is 1. The Morgan fingerprint density at radius 1 is 0.907 bits per heavy atom. The Hall–Kier alpha value is -5.92. The van der Waals surface area contributed by atoms with Crippen molar-refractivity contribution < 1.29 is 82.3 Å². The Kier molecular flexibility index (Phi) is 24.1. The van der Waals surface area contributed by atoms with Crippen molar-refractivity contribution in [1.82, 2.24) is 34.0 Å². The number of rotatable bonds is 16. The van der Waals surface area contributed by atoms with Crippen LogP contribution >= 0.6 is 53.8 Å². The molecule has 2 aromatic heterocycles. The van der Waals surface area contributed by atoms with E-state index in [0.717, 1.165) is 18.4 Å². The zero-order valence-corrected chi connectivity index (χ0v) is 44.9. The summed E-state index contributed by atoms with van der Waals surface area (Å²) in [7, 11) is -8.56. The number of nitrogens with one attached hydrogen (secondary N) is 3. The number of halogens is 9. The fourth-order valence-electron chi connectivity index (χ4n) is 5.43. The van der Waals surface area contributed by atoms with Gasteiger partial charge in [0.05, 0.1) is 56.8 Å². The van der Waals surface area contributed by atoms with E-state index in [1.54, 1.807) is 4.72 Å². The lowest BCUT2D eigenvalue weighted by molar-refractivity contribution is -0.138. The van der Waals surface area contributed by atoms with Gasteiger partial charge in [0.25, 0.3) is 10.0 Å². The highest BCUT2D eigenvalue weighted by atomic mass is 35.5. The Balaban J connectivity index is 0.000000366. The maximum Gasteiger partial charge on any atom is 0.389 e. The van der Waals surface area contributed by atoms with E-state index in [1.165, 1.54) is 71.1 Å². The number of nitrogens with two attached hydrogens (primary N) is 1. The maximum atomic E-state index is 12.8. The lowest BCUT2D eigenvalue weighted by Gasteiger charge is -2.13. The second-order valence-corrected chi connectivity index (χ2v) is 22.4. The molecule has 2 amide bonds. The summed E-state index contributed by atoms with van der Waals surface area (Å²) >= 11 is 23.2. The van der Waals surface area contributed by atoms with Crippen LogP contribution in [-0.4, -0.2) is 125 Å². The molecule has 0 spiro atoms. The number of aromatic nitrogens is 6. The number of ether oxygens (including phenoxy) is 2. The molecule has 0 aliphatic rings. The van der Waals surface area contributed by atoms with Gasteiger partial charge in [-0.2, -0.15) is 41.6 Å². The van der Waals surface area contributed by atoms with Gasteiger partial charge in [0, 0.05) is 19.2 Å². The third-order valence-corrected chi connectivity index (χ3v) is 13.0. The molecule has 0 aliphatic heterocycles. The number of amides is 2. The van der Waals surface area contributed by atoms with Gasteiger partial charge in [-0.05, 0) is 62.6 Å². The normalized spacial score (nSPS) is 12.5. The zero-order valence-electron chi connectivity index (χ0n) is 39.4. The molecule has 0 fully saturated rings. The number of hydrogen-bond donors (Lipinski definition) is 7. The predicted molar refractivity (Wildman–Crippen MR) is 264 cm³/mol. The average molecular weight is 1210 g/mol. The minimum atomic E-state index is -4.45. The van der Waals surface area contributed by atoms with Crippen LogP contribution in [0.25, 0.3) is 5.69 Å². The highest BCUT2D eigenvalue weighted by Crippen LogP contribution is 2.36. The van der Waals surface area contributed by atoms with E-state index in [1.807, 2.05) is 0 Å². The van der Waals surface area contributed by atoms with E-state index >= 15 is 0 Å². The molecule has 36 heteroatoms. The smallest absolute Gasteiger partial charge is 0.389 e. The maximum absolute atomic E-state index is 12.8. The van der Waals surface area contributed by atoms with Gasteiger partial charge in [-0.3, -0.25) is 19.4 Å². The minimum Gasteiger partial charge on any atom is -0.494 e. The third kappa shape index (κ3) is 21.3. The van der Waals surface area contributed by atoms with Gasteiger partial charge in [0.1, 0.15) is 23.3 Å². The van der Waals surface area contributed by atoms with Crippen LogP contribution in [0.3, 0.4) is 0 Å². The summed E-state index contributed by atoms with van der Waals surface area (Å²) in [6.07, 6.45) is -5.29. The SMILES string of the molecule is COc1c(Cl)ccc(Cl)c1C(=O)O.COc1nc(C)nc(NC(=O)NS(=O)(=O)c2ccccc2CCC(F)(F)F)n1.CP(=O)(O)CCC(N)C(=O)O.Cc1nn(-c2cc(NS(C)(=O)=O)c(Cl)cc2Cl)c(=O)n1C(F)F. The van der Waals surface area contributed by atoms with Gasteiger partial charge in [0.2, 0.25) is 16.0 Å². The van der Waals surface area contributed by atoms with Crippen molar-refractivity contribution in [3.8, 4) is 17.4 Å². The summed E-state index contributed by atoms with van der Waals surface area (Å²) < 4.78 is 136. The van der Waals surface area contributed by atoms with E-state index in [9.17, 15) is 62.5 Å². The molecule has 0 bridgehead atoms. The molecule has 0 saturated carbocycles.